The van der Waals surface area contributed by atoms with Gasteiger partial charge in [0.1, 0.15) is 5.92 Å². The van der Waals surface area contributed by atoms with E-state index < -0.39 is 35.8 Å². The number of benzene rings is 1. The van der Waals surface area contributed by atoms with Crippen molar-refractivity contribution in [2.45, 2.75) is 19.1 Å². The minimum Gasteiger partial charge on any atom is -0.468 e. The second-order valence-corrected chi connectivity index (χ2v) is 5.13. The Bertz CT molecular complexity index is 670. The predicted molar refractivity (Wildman–Crippen MR) is 78.5 cm³/mol. The Kier molecular flexibility index (Phi) is 4.81. The zero-order chi connectivity index (χ0) is 18.1. The summed E-state index contributed by atoms with van der Waals surface area (Å²) < 4.78 is 48.9. The van der Waals surface area contributed by atoms with Gasteiger partial charge in [0, 0.05) is 0 Å². The van der Waals surface area contributed by atoms with Gasteiger partial charge in [-0.1, -0.05) is 17.7 Å². The van der Waals surface area contributed by atoms with Crippen molar-refractivity contribution in [1.82, 2.24) is 0 Å². The summed E-state index contributed by atoms with van der Waals surface area (Å²) in [5.74, 6) is -4.16. The number of alkyl halides is 3. The van der Waals surface area contributed by atoms with Gasteiger partial charge in [0.2, 0.25) is 0 Å². The molecule has 0 aliphatic carbocycles. The van der Waals surface area contributed by atoms with Crippen molar-refractivity contribution < 1.29 is 32.2 Å². The summed E-state index contributed by atoms with van der Waals surface area (Å²) in [6.07, 6.45) is -4.90. The number of ether oxygens (including phenoxy) is 2. The highest BCUT2D eigenvalue weighted by Gasteiger charge is 2.57. The molecule has 130 valence electrons. The fraction of sp³-hybridized carbons (Fsp3) is 0.400. The van der Waals surface area contributed by atoms with Crippen LogP contribution < -0.4 is 5.01 Å². The molecule has 1 heterocycles. The fourth-order valence-corrected chi connectivity index (χ4v) is 2.40. The van der Waals surface area contributed by atoms with Crippen molar-refractivity contribution in [3.63, 3.8) is 0 Å². The number of esters is 2. The third-order valence-corrected chi connectivity index (χ3v) is 3.58. The van der Waals surface area contributed by atoms with E-state index >= 15 is 0 Å². The number of hydrogen-bond acceptors (Lipinski definition) is 6. The monoisotopic (exact) mass is 344 g/mol. The van der Waals surface area contributed by atoms with Crippen LogP contribution in [0.15, 0.2) is 29.4 Å². The molecule has 0 spiro atoms. The average molecular weight is 344 g/mol. The molecule has 0 saturated heterocycles. The number of nitrogens with zero attached hydrogens (tertiary/aromatic N) is 2. The van der Waals surface area contributed by atoms with Crippen LogP contribution >= 0.6 is 0 Å². The maximum atomic E-state index is 13.3. The number of halogens is 3. The van der Waals surface area contributed by atoms with E-state index in [-0.39, 0.29) is 5.69 Å². The van der Waals surface area contributed by atoms with Gasteiger partial charge in [-0.25, -0.2) is 9.80 Å². The molecule has 0 aromatic heterocycles. The minimum absolute atomic E-state index is 0.226. The van der Waals surface area contributed by atoms with Crippen LogP contribution in [0.25, 0.3) is 0 Å². The molecule has 9 heteroatoms. The van der Waals surface area contributed by atoms with Crippen molar-refractivity contribution in [3.8, 4) is 0 Å². The first-order valence-corrected chi connectivity index (χ1v) is 6.88. The van der Waals surface area contributed by atoms with Gasteiger partial charge >= 0.3 is 18.1 Å². The summed E-state index contributed by atoms with van der Waals surface area (Å²) in [5.41, 5.74) is -0.299. The van der Waals surface area contributed by atoms with Crippen LogP contribution in [0.5, 0.6) is 0 Å². The lowest BCUT2D eigenvalue weighted by molar-refractivity contribution is -0.151. The molecule has 0 saturated carbocycles. The van der Waals surface area contributed by atoms with Crippen molar-refractivity contribution in [1.29, 1.82) is 0 Å². The van der Waals surface area contributed by atoms with Gasteiger partial charge in [-0.15, -0.1) is 0 Å². The largest absolute Gasteiger partial charge is 0.468 e. The molecular weight excluding hydrogens is 329 g/mol. The maximum absolute atomic E-state index is 13.3. The van der Waals surface area contributed by atoms with E-state index in [0.29, 0.717) is 0 Å². The summed E-state index contributed by atoms with van der Waals surface area (Å²) in [5, 5.41) is 4.33. The van der Waals surface area contributed by atoms with Crippen molar-refractivity contribution in [2.24, 2.45) is 11.0 Å². The van der Waals surface area contributed by atoms with Crippen LogP contribution in [0.2, 0.25) is 0 Å². The highest BCUT2D eigenvalue weighted by molar-refractivity contribution is 6.12. The van der Waals surface area contributed by atoms with Crippen molar-refractivity contribution >= 4 is 23.3 Å². The van der Waals surface area contributed by atoms with Gasteiger partial charge in [-0.05, 0) is 19.1 Å². The fourth-order valence-electron chi connectivity index (χ4n) is 2.40. The van der Waals surface area contributed by atoms with E-state index in [1.165, 1.54) is 12.1 Å². The normalized spacial score (nSPS) is 20.6. The molecule has 0 unspecified atom stereocenters. The maximum Gasteiger partial charge on any atom is 0.432 e. The zero-order valence-corrected chi connectivity index (χ0v) is 13.1. The Morgan fingerprint density at radius 1 is 1.08 bits per heavy atom. The number of anilines is 1. The van der Waals surface area contributed by atoms with E-state index in [1.54, 1.807) is 19.1 Å². The number of carbonyl (C=O) groups is 2. The highest BCUT2D eigenvalue weighted by Crippen LogP contribution is 2.36. The first-order chi connectivity index (χ1) is 11.2. The molecule has 2 atom stereocenters. The summed E-state index contributed by atoms with van der Waals surface area (Å²) in [7, 11) is 1.97. The number of methoxy groups -OCH3 is 2. The average Bonchev–Trinajstić information content (AvgIpc) is 2.94. The van der Waals surface area contributed by atoms with Gasteiger partial charge in [-0.3, -0.25) is 4.79 Å². The topological polar surface area (TPSA) is 68.2 Å². The van der Waals surface area contributed by atoms with Crippen LogP contribution in [0.4, 0.5) is 18.9 Å². The summed E-state index contributed by atoms with van der Waals surface area (Å²) in [6, 6.07) is 4.71. The molecule has 0 amide bonds. The molecule has 24 heavy (non-hydrogen) atoms. The lowest BCUT2D eigenvalue weighted by Gasteiger charge is -2.24. The Morgan fingerprint density at radius 2 is 1.62 bits per heavy atom. The third-order valence-electron chi connectivity index (χ3n) is 3.58. The van der Waals surface area contributed by atoms with Crippen molar-refractivity contribution in [3.05, 3.63) is 29.8 Å². The first-order valence-electron chi connectivity index (χ1n) is 6.88. The standard InChI is InChI=1S/C15H15F3N2O4/c1-8-4-6-9(7-5-8)20-11(14(22)24-3)10(13(21)23-2)12(19-20)15(16,17)18/h4-7,10-11H,1-3H3/t10-,11+/m1/s1. The summed E-state index contributed by atoms with van der Waals surface area (Å²) in [4.78, 5) is 24.0. The molecule has 1 aliphatic rings. The number of carbonyl (C=O) groups excluding carboxylic acids is 2. The SMILES string of the molecule is COC(=O)[C@H]1C(C(F)(F)F)=NN(c2ccc(C)cc2)[C@@H]1C(=O)OC. The van der Waals surface area contributed by atoms with Gasteiger partial charge < -0.3 is 9.47 Å². The number of aryl methyl sites for hydroxylation is 1. The Hall–Kier alpha value is -2.58. The van der Waals surface area contributed by atoms with E-state index in [1.807, 2.05) is 0 Å². The smallest absolute Gasteiger partial charge is 0.432 e. The van der Waals surface area contributed by atoms with E-state index in [0.717, 1.165) is 24.8 Å². The van der Waals surface area contributed by atoms with Crippen LogP contribution in [0, 0.1) is 12.8 Å². The Labute approximate surface area is 135 Å². The molecule has 2 rings (SSSR count). The number of hydrogen-bond donors (Lipinski definition) is 0. The van der Waals surface area contributed by atoms with E-state index in [2.05, 4.69) is 14.6 Å². The van der Waals surface area contributed by atoms with Crippen LogP contribution in [-0.4, -0.2) is 44.1 Å². The molecule has 1 aromatic carbocycles. The van der Waals surface area contributed by atoms with Crippen LogP contribution in [-0.2, 0) is 19.1 Å². The molecule has 1 aromatic rings. The van der Waals surface area contributed by atoms with Gasteiger partial charge in [0.05, 0.1) is 19.9 Å². The predicted octanol–water partition coefficient (Wildman–Crippen LogP) is 2.06. The van der Waals surface area contributed by atoms with E-state index in [9.17, 15) is 22.8 Å². The minimum atomic E-state index is -4.90. The molecule has 0 N–H and O–H groups in total. The lowest BCUT2D eigenvalue weighted by atomic mass is 9.94. The summed E-state index contributed by atoms with van der Waals surface area (Å²) in [6.45, 7) is 1.80. The third kappa shape index (κ3) is 3.19. The zero-order valence-electron chi connectivity index (χ0n) is 13.1. The van der Waals surface area contributed by atoms with Crippen LogP contribution in [0.3, 0.4) is 0 Å². The first kappa shape index (κ1) is 17.8. The van der Waals surface area contributed by atoms with Gasteiger partial charge in [0.15, 0.2) is 11.8 Å². The second kappa shape index (κ2) is 6.50. The quantitative estimate of drug-likeness (QED) is 0.785. The Morgan fingerprint density at radius 3 is 2.08 bits per heavy atom. The number of hydrazone groups is 1. The van der Waals surface area contributed by atoms with Gasteiger partial charge in [0.25, 0.3) is 0 Å². The van der Waals surface area contributed by atoms with Gasteiger partial charge in [-0.2, -0.15) is 18.3 Å². The molecule has 0 radical (unpaired) electrons. The lowest BCUT2D eigenvalue weighted by Crippen LogP contribution is -2.47. The summed E-state index contributed by atoms with van der Waals surface area (Å²) >= 11 is 0. The second-order valence-electron chi connectivity index (χ2n) is 5.13. The van der Waals surface area contributed by atoms with Crippen molar-refractivity contribution in [2.75, 3.05) is 19.2 Å². The highest BCUT2D eigenvalue weighted by atomic mass is 19.4. The molecule has 6 nitrogen and oxygen atoms in total. The van der Waals surface area contributed by atoms with E-state index in [4.69, 9.17) is 0 Å². The number of rotatable bonds is 3. The Balaban J connectivity index is 2.58. The molecule has 0 bridgehead atoms. The molecule has 1 aliphatic heterocycles. The molecular formula is C15H15F3N2O4. The molecule has 0 fully saturated rings. The van der Waals surface area contributed by atoms with Crippen LogP contribution in [0.1, 0.15) is 5.56 Å².